The predicted molar refractivity (Wildman–Crippen MR) is 140 cm³/mol. The van der Waals surface area contributed by atoms with E-state index in [0.717, 1.165) is 46.4 Å². The van der Waals surface area contributed by atoms with Crippen molar-refractivity contribution in [3.63, 3.8) is 0 Å². The van der Waals surface area contributed by atoms with Crippen LogP contribution in [-0.4, -0.2) is 41.9 Å². The summed E-state index contributed by atoms with van der Waals surface area (Å²) in [5, 5.41) is 1.14. The minimum Gasteiger partial charge on any atom is -0.497 e. The minimum absolute atomic E-state index is 0.00775. The Labute approximate surface area is 207 Å². The summed E-state index contributed by atoms with van der Waals surface area (Å²) in [7, 11) is -4.45. The highest BCUT2D eigenvalue weighted by Crippen LogP contribution is 2.36. The van der Waals surface area contributed by atoms with Crippen LogP contribution in [0.5, 0.6) is 5.75 Å². The second-order valence-electron chi connectivity index (χ2n) is 8.88. The number of benzene rings is 3. The molecule has 182 valence electrons. The topological polar surface area (TPSA) is 79.5 Å². The van der Waals surface area contributed by atoms with Gasteiger partial charge in [0.2, 0.25) is 0 Å². The molecule has 0 bridgehead atoms. The molecule has 5 rings (SSSR count). The molecule has 0 aliphatic carbocycles. The summed E-state index contributed by atoms with van der Waals surface area (Å²) >= 11 is 0. The minimum atomic E-state index is -3.98. The lowest BCUT2D eigenvalue weighted by Crippen LogP contribution is -2.38. The lowest BCUT2D eigenvalue weighted by atomic mass is 9.97. The summed E-state index contributed by atoms with van der Waals surface area (Å²) < 4.78 is 45.1. The first-order valence-electron chi connectivity index (χ1n) is 11.5. The zero-order chi connectivity index (χ0) is 24.6. The lowest BCUT2D eigenvalue weighted by Gasteiger charge is -2.35. The smallest absolute Gasteiger partial charge is 0.257 e. The first kappa shape index (κ1) is 23.8. The van der Waals surface area contributed by atoms with Gasteiger partial charge in [0.15, 0.2) is 0 Å². The van der Waals surface area contributed by atoms with E-state index < -0.39 is 18.7 Å². The number of aryl methyl sites for hydroxylation is 1. The van der Waals surface area contributed by atoms with E-state index >= 15 is 0 Å². The fraction of sp³-hybridized carbons (Fsp3) is 0.259. The van der Waals surface area contributed by atoms with E-state index in [-0.39, 0.29) is 16.7 Å². The van der Waals surface area contributed by atoms with Gasteiger partial charge in [-0.2, -0.15) is 0 Å². The van der Waals surface area contributed by atoms with Crippen molar-refractivity contribution in [2.75, 3.05) is 19.4 Å². The van der Waals surface area contributed by atoms with E-state index in [9.17, 15) is 12.6 Å². The number of methoxy groups -OCH3 is 1. The van der Waals surface area contributed by atoms with Crippen LogP contribution >= 0.6 is 0 Å². The molecule has 0 radical (unpaired) electrons. The summed E-state index contributed by atoms with van der Waals surface area (Å²) in [5.74, 6) is 0.777. The average Bonchev–Trinajstić information content (AvgIpc) is 3.25. The molecule has 1 aliphatic rings. The van der Waals surface area contributed by atoms with Crippen LogP contribution < -0.4 is 4.74 Å². The van der Waals surface area contributed by atoms with Crippen LogP contribution in [0.1, 0.15) is 28.4 Å². The Morgan fingerprint density at radius 2 is 1.74 bits per heavy atom. The molecule has 2 atom stereocenters. The van der Waals surface area contributed by atoms with E-state index in [1.165, 1.54) is 17.7 Å². The van der Waals surface area contributed by atoms with Crippen molar-refractivity contribution in [2.24, 2.45) is 0 Å². The Balaban J connectivity index is 1.50. The van der Waals surface area contributed by atoms with Gasteiger partial charge in [-0.3, -0.25) is 4.90 Å². The highest BCUT2D eigenvalue weighted by molar-refractivity contribution is 8.64. The maximum atomic E-state index is 13.4. The molecule has 1 aromatic heterocycles. The van der Waals surface area contributed by atoms with Gasteiger partial charge >= 0.3 is 0 Å². The van der Waals surface area contributed by atoms with Crippen molar-refractivity contribution in [2.45, 2.75) is 30.8 Å². The van der Waals surface area contributed by atoms with Crippen LogP contribution in [0.3, 0.4) is 0 Å². The van der Waals surface area contributed by atoms with Crippen molar-refractivity contribution in [1.29, 1.82) is 0 Å². The first-order chi connectivity index (χ1) is 16.9. The highest BCUT2D eigenvalue weighted by Gasteiger charge is 2.35. The SMILES string of the molecule is COc1ccc(CN2CCc3c([nH]c4ccccc34)[C@@H]2CS(=O)S(=O)(=O)c2ccc(C)cc2)cc1. The number of hydrogen-bond acceptors (Lipinski definition) is 5. The molecule has 35 heavy (non-hydrogen) atoms. The van der Waals surface area contributed by atoms with Crippen LogP contribution in [0.25, 0.3) is 10.9 Å². The number of aromatic amines is 1. The summed E-state index contributed by atoms with van der Waals surface area (Å²) in [6, 6.07) is 22.2. The van der Waals surface area contributed by atoms with Crippen molar-refractivity contribution in [3.05, 3.63) is 95.2 Å². The van der Waals surface area contributed by atoms with Crippen LogP contribution in [-0.2, 0) is 31.7 Å². The van der Waals surface area contributed by atoms with Crippen molar-refractivity contribution in [1.82, 2.24) is 9.88 Å². The van der Waals surface area contributed by atoms with Crippen molar-refractivity contribution < 1.29 is 17.4 Å². The molecule has 1 unspecified atom stereocenters. The molecule has 1 aliphatic heterocycles. The molecule has 1 N–H and O–H groups in total. The van der Waals surface area contributed by atoms with Crippen LogP contribution in [0.2, 0.25) is 0 Å². The van der Waals surface area contributed by atoms with E-state index in [1.54, 1.807) is 19.2 Å². The number of aromatic nitrogens is 1. The van der Waals surface area contributed by atoms with Gasteiger partial charge in [0.05, 0.1) is 23.8 Å². The molecule has 8 heteroatoms. The number of H-pyrrole nitrogens is 1. The lowest BCUT2D eigenvalue weighted by molar-refractivity contribution is 0.190. The van der Waals surface area contributed by atoms with E-state index in [4.69, 9.17) is 4.74 Å². The van der Waals surface area contributed by atoms with Gasteiger partial charge in [-0.15, -0.1) is 0 Å². The Morgan fingerprint density at radius 1 is 1.03 bits per heavy atom. The summed E-state index contributed by atoms with van der Waals surface area (Å²) in [6.45, 7) is 3.25. The first-order valence-corrected chi connectivity index (χ1v) is 14.9. The van der Waals surface area contributed by atoms with Gasteiger partial charge in [-0.1, -0.05) is 48.0 Å². The predicted octanol–water partition coefficient (Wildman–Crippen LogP) is 4.72. The Bertz CT molecular complexity index is 1480. The molecule has 0 saturated carbocycles. The number of para-hydroxylation sites is 1. The van der Waals surface area contributed by atoms with Gasteiger partial charge < -0.3 is 9.72 Å². The fourth-order valence-electron chi connectivity index (χ4n) is 4.74. The Morgan fingerprint density at radius 3 is 2.46 bits per heavy atom. The third-order valence-electron chi connectivity index (χ3n) is 6.66. The summed E-state index contributed by atoms with van der Waals surface area (Å²) in [4.78, 5) is 5.83. The largest absolute Gasteiger partial charge is 0.497 e. The molecular weight excluding hydrogens is 480 g/mol. The number of nitrogens with one attached hydrogen (secondary N) is 1. The highest BCUT2D eigenvalue weighted by atomic mass is 33.2. The van der Waals surface area contributed by atoms with Crippen LogP contribution in [0, 0.1) is 6.92 Å². The van der Waals surface area contributed by atoms with E-state index in [1.807, 2.05) is 49.4 Å². The maximum absolute atomic E-state index is 13.4. The van der Waals surface area contributed by atoms with Crippen molar-refractivity contribution in [3.8, 4) is 5.75 Å². The van der Waals surface area contributed by atoms with Gasteiger partial charge in [-0.25, -0.2) is 12.6 Å². The van der Waals surface area contributed by atoms with E-state index in [0.29, 0.717) is 6.54 Å². The second-order valence-corrected chi connectivity index (χ2v) is 13.6. The molecule has 6 nitrogen and oxygen atoms in total. The van der Waals surface area contributed by atoms with Crippen LogP contribution in [0.15, 0.2) is 77.7 Å². The quantitative estimate of drug-likeness (QED) is 0.366. The third-order valence-corrected chi connectivity index (χ3v) is 11.0. The zero-order valence-corrected chi connectivity index (χ0v) is 21.4. The molecule has 2 heterocycles. The molecule has 0 saturated heterocycles. The Kier molecular flexibility index (Phi) is 6.53. The number of nitrogens with zero attached hydrogens (tertiary/aromatic N) is 1. The zero-order valence-electron chi connectivity index (χ0n) is 19.7. The molecule has 4 aromatic rings. The number of hydrogen-bond donors (Lipinski definition) is 1. The van der Waals surface area contributed by atoms with Crippen molar-refractivity contribution >= 4 is 29.6 Å². The maximum Gasteiger partial charge on any atom is 0.257 e. The van der Waals surface area contributed by atoms with E-state index in [2.05, 4.69) is 16.0 Å². The van der Waals surface area contributed by atoms with Gasteiger partial charge in [-0.05, 0) is 54.8 Å². The third kappa shape index (κ3) is 4.66. The second kappa shape index (κ2) is 9.60. The van der Waals surface area contributed by atoms with Gasteiger partial charge in [0.25, 0.3) is 8.87 Å². The van der Waals surface area contributed by atoms with Gasteiger partial charge in [0, 0.05) is 29.7 Å². The standard InChI is InChI=1S/C27H28N2O4S2/c1-19-7-13-22(14-8-19)35(31,32)34(30)18-26-27-24(23-5-3-4-6-25(23)28-27)15-16-29(26)17-20-9-11-21(33-2)12-10-20/h3-14,26,28H,15-18H2,1-2H3/t26-,34?/m0/s1. The molecule has 0 amide bonds. The summed E-state index contributed by atoms with van der Waals surface area (Å²) in [6.07, 6.45) is 0.837. The number of rotatable bonds is 7. The normalized spacial score (nSPS) is 17.3. The molecule has 0 spiro atoms. The summed E-state index contributed by atoms with van der Waals surface area (Å²) in [5.41, 5.74) is 5.19. The van der Waals surface area contributed by atoms with Gasteiger partial charge in [0.1, 0.15) is 15.6 Å². The number of ether oxygens (including phenoxy) is 1. The molecule has 3 aromatic carbocycles. The number of fused-ring (bicyclic) bond motifs is 3. The van der Waals surface area contributed by atoms with Crippen LogP contribution in [0.4, 0.5) is 0 Å². The average molecular weight is 509 g/mol. The monoisotopic (exact) mass is 508 g/mol. The molecule has 0 fully saturated rings. The fourth-order valence-corrected chi connectivity index (χ4v) is 8.14. The Hall–Kier alpha value is -2.94. The molecular formula is C27H28N2O4S2.